The standard InChI is InChI=1S/C11H12F2N4O/c1-6-16-10(17-18-6)2-3-15-11-8(12)4-7(14)5-9(11)13/h4-5,15H,2-3,14H2,1H3. The van der Waals surface area contributed by atoms with Crippen molar-refractivity contribution in [3.05, 3.63) is 35.5 Å². The minimum absolute atomic E-state index is 0.0457. The van der Waals surface area contributed by atoms with E-state index in [1.807, 2.05) is 0 Å². The predicted molar refractivity (Wildman–Crippen MR) is 62.0 cm³/mol. The molecule has 0 radical (unpaired) electrons. The fourth-order valence-corrected chi connectivity index (χ4v) is 1.50. The molecule has 0 unspecified atom stereocenters. The summed E-state index contributed by atoms with van der Waals surface area (Å²) >= 11 is 0. The number of rotatable bonds is 4. The van der Waals surface area contributed by atoms with Crippen molar-refractivity contribution in [1.29, 1.82) is 0 Å². The molecule has 1 aromatic carbocycles. The van der Waals surface area contributed by atoms with Crippen LogP contribution in [0.4, 0.5) is 20.2 Å². The Morgan fingerprint density at radius 2 is 2.00 bits per heavy atom. The zero-order valence-corrected chi connectivity index (χ0v) is 9.70. The Morgan fingerprint density at radius 3 is 2.56 bits per heavy atom. The smallest absolute Gasteiger partial charge is 0.223 e. The molecule has 7 heteroatoms. The van der Waals surface area contributed by atoms with Crippen molar-refractivity contribution in [2.24, 2.45) is 0 Å². The first-order chi connectivity index (χ1) is 8.56. The first-order valence-electron chi connectivity index (χ1n) is 5.34. The average Bonchev–Trinajstić information content (AvgIpc) is 2.68. The molecule has 0 aliphatic rings. The lowest BCUT2D eigenvalue weighted by Gasteiger charge is -2.08. The lowest BCUT2D eigenvalue weighted by molar-refractivity contribution is 0.387. The lowest BCUT2D eigenvalue weighted by Crippen LogP contribution is -2.09. The van der Waals surface area contributed by atoms with Crippen molar-refractivity contribution in [1.82, 2.24) is 10.1 Å². The van der Waals surface area contributed by atoms with E-state index in [9.17, 15) is 8.78 Å². The van der Waals surface area contributed by atoms with Crippen LogP contribution in [0.25, 0.3) is 0 Å². The molecular weight excluding hydrogens is 242 g/mol. The van der Waals surface area contributed by atoms with Gasteiger partial charge >= 0.3 is 0 Å². The normalized spacial score (nSPS) is 10.6. The molecule has 0 aliphatic heterocycles. The van der Waals surface area contributed by atoms with Gasteiger partial charge in [0.1, 0.15) is 5.69 Å². The van der Waals surface area contributed by atoms with Crippen LogP contribution >= 0.6 is 0 Å². The van der Waals surface area contributed by atoms with Crippen molar-refractivity contribution in [3.8, 4) is 0 Å². The highest BCUT2D eigenvalue weighted by Crippen LogP contribution is 2.21. The summed E-state index contributed by atoms with van der Waals surface area (Å²) in [5.41, 5.74) is 5.15. The van der Waals surface area contributed by atoms with E-state index in [0.29, 0.717) is 18.1 Å². The molecule has 0 saturated heterocycles. The zero-order valence-electron chi connectivity index (χ0n) is 9.70. The number of nitrogens with two attached hydrogens (primary N) is 1. The van der Waals surface area contributed by atoms with E-state index in [1.165, 1.54) is 0 Å². The third-order valence-corrected chi connectivity index (χ3v) is 2.28. The lowest BCUT2D eigenvalue weighted by atomic mass is 10.2. The number of aryl methyl sites for hydroxylation is 1. The SMILES string of the molecule is Cc1nc(CCNc2c(F)cc(N)cc2F)no1. The molecule has 5 nitrogen and oxygen atoms in total. The fourth-order valence-electron chi connectivity index (χ4n) is 1.50. The molecule has 2 rings (SSSR count). The van der Waals surface area contributed by atoms with Crippen molar-refractivity contribution in [3.63, 3.8) is 0 Å². The number of nitrogens with zero attached hydrogens (tertiary/aromatic N) is 2. The maximum atomic E-state index is 13.4. The molecular formula is C11H12F2N4O. The number of hydrogen-bond donors (Lipinski definition) is 2. The summed E-state index contributed by atoms with van der Waals surface area (Å²) in [6.07, 6.45) is 0.403. The second-order valence-electron chi connectivity index (χ2n) is 3.77. The second kappa shape index (κ2) is 4.99. The van der Waals surface area contributed by atoms with Crippen LogP contribution in [-0.4, -0.2) is 16.7 Å². The van der Waals surface area contributed by atoms with Gasteiger partial charge in [-0.25, -0.2) is 8.78 Å². The topological polar surface area (TPSA) is 77.0 Å². The van der Waals surface area contributed by atoms with Gasteiger partial charge in [-0.15, -0.1) is 0 Å². The van der Waals surface area contributed by atoms with Gasteiger partial charge in [-0.3, -0.25) is 0 Å². The summed E-state index contributed by atoms with van der Waals surface area (Å²) in [5.74, 6) is -0.514. The summed E-state index contributed by atoms with van der Waals surface area (Å²) < 4.78 is 31.6. The van der Waals surface area contributed by atoms with Gasteiger partial charge in [0.05, 0.1) is 0 Å². The Labute approximate surface area is 102 Å². The third-order valence-electron chi connectivity index (χ3n) is 2.28. The van der Waals surface area contributed by atoms with E-state index < -0.39 is 11.6 Å². The van der Waals surface area contributed by atoms with Gasteiger partial charge in [0.2, 0.25) is 5.89 Å². The van der Waals surface area contributed by atoms with Crippen LogP contribution in [0.15, 0.2) is 16.7 Å². The summed E-state index contributed by atoms with van der Waals surface area (Å²) in [6, 6.07) is 2.12. The molecule has 0 atom stereocenters. The number of hydrogen-bond acceptors (Lipinski definition) is 5. The summed E-state index contributed by atoms with van der Waals surface area (Å²) in [5, 5.41) is 6.31. The van der Waals surface area contributed by atoms with Crippen LogP contribution in [0.3, 0.4) is 0 Å². The molecule has 0 fully saturated rings. The molecule has 96 valence electrons. The molecule has 18 heavy (non-hydrogen) atoms. The zero-order chi connectivity index (χ0) is 13.1. The Balaban J connectivity index is 1.98. The Hall–Kier alpha value is -2.18. The fraction of sp³-hybridized carbons (Fsp3) is 0.273. The molecule has 3 N–H and O–H groups in total. The molecule has 1 heterocycles. The van der Waals surface area contributed by atoms with Crippen LogP contribution in [0.5, 0.6) is 0 Å². The van der Waals surface area contributed by atoms with Gasteiger partial charge in [-0.05, 0) is 12.1 Å². The molecule has 1 aromatic heterocycles. The minimum atomic E-state index is -0.725. The van der Waals surface area contributed by atoms with E-state index in [2.05, 4.69) is 15.5 Å². The number of anilines is 2. The van der Waals surface area contributed by atoms with E-state index in [1.54, 1.807) is 6.92 Å². The molecule has 0 spiro atoms. The van der Waals surface area contributed by atoms with Gasteiger partial charge in [0, 0.05) is 25.6 Å². The van der Waals surface area contributed by atoms with Crippen molar-refractivity contribution in [2.45, 2.75) is 13.3 Å². The number of aromatic nitrogens is 2. The highest BCUT2D eigenvalue weighted by Gasteiger charge is 2.10. The molecule has 0 bridgehead atoms. The van der Waals surface area contributed by atoms with E-state index in [-0.39, 0.29) is 17.9 Å². The molecule has 0 amide bonds. The molecule has 0 saturated carbocycles. The quantitative estimate of drug-likeness (QED) is 0.815. The highest BCUT2D eigenvalue weighted by molar-refractivity contribution is 5.54. The predicted octanol–water partition coefficient (Wildman–Crippen LogP) is 1.89. The van der Waals surface area contributed by atoms with Gasteiger partial charge < -0.3 is 15.6 Å². The van der Waals surface area contributed by atoms with Crippen LogP contribution in [0.1, 0.15) is 11.7 Å². The average molecular weight is 254 g/mol. The number of nitrogen functional groups attached to an aromatic ring is 1. The molecule has 0 aliphatic carbocycles. The van der Waals surface area contributed by atoms with Crippen molar-refractivity contribution in [2.75, 3.05) is 17.6 Å². The summed E-state index contributed by atoms with van der Waals surface area (Å²) in [4.78, 5) is 3.98. The number of halogens is 2. The minimum Gasteiger partial charge on any atom is -0.399 e. The van der Waals surface area contributed by atoms with Crippen LogP contribution in [0.2, 0.25) is 0 Å². The van der Waals surface area contributed by atoms with Gasteiger partial charge in [0.15, 0.2) is 17.5 Å². The maximum Gasteiger partial charge on any atom is 0.223 e. The molecule has 2 aromatic rings. The third kappa shape index (κ3) is 2.73. The van der Waals surface area contributed by atoms with Gasteiger partial charge in [0.25, 0.3) is 0 Å². The van der Waals surface area contributed by atoms with E-state index in [4.69, 9.17) is 10.3 Å². The van der Waals surface area contributed by atoms with Gasteiger partial charge in [-0.1, -0.05) is 5.16 Å². The summed E-state index contributed by atoms with van der Waals surface area (Å²) in [6.45, 7) is 1.96. The Morgan fingerprint density at radius 1 is 1.33 bits per heavy atom. The number of nitrogens with one attached hydrogen (secondary N) is 1. The van der Waals surface area contributed by atoms with E-state index >= 15 is 0 Å². The number of benzene rings is 1. The maximum absolute atomic E-state index is 13.4. The first-order valence-corrected chi connectivity index (χ1v) is 5.34. The first kappa shape index (κ1) is 12.3. The monoisotopic (exact) mass is 254 g/mol. The highest BCUT2D eigenvalue weighted by atomic mass is 19.1. The van der Waals surface area contributed by atoms with Crippen LogP contribution < -0.4 is 11.1 Å². The second-order valence-corrected chi connectivity index (χ2v) is 3.77. The van der Waals surface area contributed by atoms with Crippen molar-refractivity contribution < 1.29 is 13.3 Å². The summed E-state index contributed by atoms with van der Waals surface area (Å²) in [7, 11) is 0. The van der Waals surface area contributed by atoms with Gasteiger partial charge in [-0.2, -0.15) is 4.98 Å². The van der Waals surface area contributed by atoms with Crippen molar-refractivity contribution >= 4 is 11.4 Å². The van der Waals surface area contributed by atoms with Crippen LogP contribution in [-0.2, 0) is 6.42 Å². The van der Waals surface area contributed by atoms with E-state index in [0.717, 1.165) is 12.1 Å². The Bertz CT molecular complexity index is 533. The van der Waals surface area contributed by atoms with Crippen LogP contribution in [0, 0.1) is 18.6 Å². The largest absolute Gasteiger partial charge is 0.399 e. The Kier molecular flexibility index (Phi) is 3.40.